The van der Waals surface area contributed by atoms with Crippen molar-refractivity contribution in [1.82, 2.24) is 0 Å². The molecule has 88 valence electrons. The van der Waals surface area contributed by atoms with Crippen LogP contribution in [0.4, 0.5) is 0 Å². The molecule has 0 saturated carbocycles. The minimum absolute atomic E-state index is 0.0571. The van der Waals surface area contributed by atoms with Crippen LogP contribution in [0.15, 0.2) is 0 Å². The number of carbonyl (C=O) groups is 1. The predicted molar refractivity (Wildman–Crippen MR) is 62.1 cm³/mol. The summed E-state index contributed by atoms with van der Waals surface area (Å²) in [5, 5.41) is 0. The van der Waals surface area contributed by atoms with Crippen LogP contribution in [0.2, 0.25) is 0 Å². The predicted octanol–water partition coefficient (Wildman–Crippen LogP) is 3.66. The highest BCUT2D eigenvalue weighted by Gasteiger charge is 2.43. The van der Waals surface area contributed by atoms with Crippen molar-refractivity contribution in [2.24, 2.45) is 0 Å². The summed E-state index contributed by atoms with van der Waals surface area (Å²) in [7, 11) is 0. The molecule has 0 radical (unpaired) electrons. The fourth-order valence-electron chi connectivity index (χ4n) is 1.96. The van der Waals surface area contributed by atoms with Crippen LogP contribution in [0, 0.1) is 0 Å². The van der Waals surface area contributed by atoms with Crippen molar-refractivity contribution in [3.05, 3.63) is 0 Å². The van der Waals surface area contributed by atoms with E-state index < -0.39 is 4.87 Å². The summed E-state index contributed by atoms with van der Waals surface area (Å²) in [5.41, 5.74) is 0. The van der Waals surface area contributed by atoms with E-state index in [2.05, 4.69) is 6.92 Å². The van der Waals surface area contributed by atoms with E-state index >= 15 is 0 Å². The second kappa shape index (κ2) is 5.74. The van der Waals surface area contributed by atoms with E-state index in [1.165, 1.54) is 25.7 Å². The number of esters is 1. The van der Waals surface area contributed by atoms with Crippen LogP contribution in [-0.2, 0) is 9.53 Å². The van der Waals surface area contributed by atoms with Gasteiger partial charge in [0, 0.05) is 6.42 Å². The highest BCUT2D eigenvalue weighted by molar-refractivity contribution is 6.34. The van der Waals surface area contributed by atoms with E-state index in [1.807, 2.05) is 0 Å². The first-order chi connectivity index (χ1) is 7.06. The lowest BCUT2D eigenvalue weighted by Gasteiger charge is -2.08. The Balaban J connectivity index is 2.11. The highest BCUT2D eigenvalue weighted by Crippen LogP contribution is 2.33. The van der Waals surface area contributed by atoms with Crippen molar-refractivity contribution in [2.75, 3.05) is 0 Å². The van der Waals surface area contributed by atoms with Crippen molar-refractivity contribution in [3.8, 4) is 0 Å². The number of rotatable bonds is 6. The van der Waals surface area contributed by atoms with Gasteiger partial charge in [0.15, 0.2) is 0 Å². The van der Waals surface area contributed by atoms with E-state index in [0.29, 0.717) is 6.42 Å². The van der Waals surface area contributed by atoms with Crippen LogP contribution in [0.25, 0.3) is 0 Å². The molecule has 0 aliphatic carbocycles. The second-order valence-corrected chi connectivity index (χ2v) is 5.47. The molecule has 0 N–H and O–H groups in total. The third-order valence-corrected chi connectivity index (χ3v) is 3.25. The molecule has 0 aromatic carbocycles. The topological polar surface area (TPSA) is 26.3 Å². The summed E-state index contributed by atoms with van der Waals surface area (Å²) in [6.07, 6.45) is 7.93. The van der Waals surface area contributed by atoms with Gasteiger partial charge >= 0.3 is 5.97 Å². The largest absolute Gasteiger partial charge is 0.461 e. The highest BCUT2D eigenvalue weighted by atomic mass is 35.5. The standard InChI is InChI=1S/C12H21ClO2/c1-3-4-5-6-7-8-10-9-12(2,13)11(14)15-10/h10H,3-9H2,1-2H3. The molecule has 2 atom stereocenters. The molecule has 0 bridgehead atoms. The number of hydrogen-bond acceptors (Lipinski definition) is 2. The second-order valence-electron chi connectivity index (χ2n) is 4.63. The van der Waals surface area contributed by atoms with E-state index in [9.17, 15) is 4.79 Å². The molecule has 0 amide bonds. The Morgan fingerprint density at radius 1 is 1.40 bits per heavy atom. The molecule has 1 saturated heterocycles. The van der Waals surface area contributed by atoms with Crippen LogP contribution in [0.1, 0.15) is 58.8 Å². The summed E-state index contributed by atoms with van der Waals surface area (Å²) in [4.78, 5) is 10.5. The van der Waals surface area contributed by atoms with Crippen molar-refractivity contribution in [3.63, 3.8) is 0 Å². The molecule has 3 heteroatoms. The number of hydrogen-bond donors (Lipinski definition) is 0. The zero-order valence-electron chi connectivity index (χ0n) is 9.72. The van der Waals surface area contributed by atoms with E-state index in [1.54, 1.807) is 6.92 Å². The first-order valence-electron chi connectivity index (χ1n) is 5.96. The first-order valence-corrected chi connectivity index (χ1v) is 6.34. The molecular formula is C12H21ClO2. The number of cyclic esters (lactones) is 1. The molecule has 1 aliphatic heterocycles. The number of unbranched alkanes of at least 4 members (excludes halogenated alkanes) is 4. The van der Waals surface area contributed by atoms with Crippen LogP contribution >= 0.6 is 11.6 Å². The smallest absolute Gasteiger partial charge is 0.327 e. The van der Waals surface area contributed by atoms with Gasteiger partial charge in [-0.15, -0.1) is 11.6 Å². The SMILES string of the molecule is CCCCCCCC1CC(C)(Cl)C(=O)O1. The minimum atomic E-state index is -0.770. The zero-order chi connectivity index (χ0) is 11.3. The maximum atomic E-state index is 11.3. The zero-order valence-corrected chi connectivity index (χ0v) is 10.5. The van der Waals surface area contributed by atoms with E-state index in [4.69, 9.17) is 16.3 Å². The monoisotopic (exact) mass is 232 g/mol. The lowest BCUT2D eigenvalue weighted by molar-refractivity contribution is -0.143. The molecule has 1 aliphatic rings. The number of ether oxygens (including phenoxy) is 1. The summed E-state index contributed by atoms with van der Waals surface area (Å²) < 4.78 is 5.21. The maximum Gasteiger partial charge on any atom is 0.327 e. The third-order valence-electron chi connectivity index (χ3n) is 2.94. The van der Waals surface area contributed by atoms with Crippen molar-refractivity contribution in [2.45, 2.75) is 69.8 Å². The summed E-state index contributed by atoms with van der Waals surface area (Å²) in [6.45, 7) is 3.95. The summed E-state index contributed by atoms with van der Waals surface area (Å²) in [6, 6.07) is 0. The van der Waals surface area contributed by atoms with Crippen LogP contribution < -0.4 is 0 Å². The van der Waals surface area contributed by atoms with E-state index in [0.717, 1.165) is 12.8 Å². The van der Waals surface area contributed by atoms with Crippen LogP contribution in [0.3, 0.4) is 0 Å². The maximum absolute atomic E-state index is 11.3. The van der Waals surface area contributed by atoms with Gasteiger partial charge < -0.3 is 4.74 Å². The molecule has 1 rings (SSSR count). The molecule has 0 spiro atoms. The Hall–Kier alpha value is -0.240. The molecule has 0 aromatic rings. The Kier molecular flexibility index (Phi) is 4.91. The Bertz CT molecular complexity index is 214. The van der Waals surface area contributed by atoms with Crippen LogP contribution in [0.5, 0.6) is 0 Å². The van der Waals surface area contributed by atoms with Gasteiger partial charge in [-0.3, -0.25) is 4.79 Å². The molecule has 0 aromatic heterocycles. The van der Waals surface area contributed by atoms with Gasteiger partial charge in [0.25, 0.3) is 0 Å². The Morgan fingerprint density at radius 3 is 2.60 bits per heavy atom. The first kappa shape index (κ1) is 12.8. The fourth-order valence-corrected chi connectivity index (χ4v) is 2.18. The Labute approximate surface area is 97.3 Å². The lowest BCUT2D eigenvalue weighted by atomic mass is 10.0. The molecule has 15 heavy (non-hydrogen) atoms. The minimum Gasteiger partial charge on any atom is -0.461 e. The fraction of sp³-hybridized carbons (Fsp3) is 0.917. The molecule has 2 unspecified atom stereocenters. The quantitative estimate of drug-likeness (QED) is 0.397. The summed E-state index contributed by atoms with van der Waals surface area (Å²) in [5.74, 6) is -0.247. The van der Waals surface area contributed by atoms with Gasteiger partial charge in [0.2, 0.25) is 0 Å². The van der Waals surface area contributed by atoms with Gasteiger partial charge in [-0.1, -0.05) is 32.6 Å². The van der Waals surface area contributed by atoms with Crippen molar-refractivity contribution >= 4 is 17.6 Å². The molecule has 2 nitrogen and oxygen atoms in total. The molecule has 1 heterocycles. The third kappa shape index (κ3) is 4.02. The molecular weight excluding hydrogens is 212 g/mol. The van der Waals surface area contributed by atoms with Crippen molar-refractivity contribution < 1.29 is 9.53 Å². The van der Waals surface area contributed by atoms with Gasteiger partial charge in [-0.05, 0) is 19.8 Å². The van der Waals surface area contributed by atoms with Crippen molar-refractivity contribution in [1.29, 1.82) is 0 Å². The lowest BCUT2D eigenvalue weighted by Crippen LogP contribution is -2.21. The average molecular weight is 233 g/mol. The van der Waals surface area contributed by atoms with Gasteiger partial charge in [-0.25, -0.2) is 0 Å². The number of halogens is 1. The van der Waals surface area contributed by atoms with Gasteiger partial charge in [-0.2, -0.15) is 0 Å². The normalized spacial score (nSPS) is 30.6. The van der Waals surface area contributed by atoms with Crippen LogP contribution in [-0.4, -0.2) is 16.9 Å². The summed E-state index contributed by atoms with van der Waals surface area (Å²) >= 11 is 6.00. The van der Waals surface area contributed by atoms with E-state index in [-0.39, 0.29) is 12.1 Å². The van der Waals surface area contributed by atoms with Gasteiger partial charge in [0.1, 0.15) is 11.0 Å². The Morgan fingerprint density at radius 2 is 2.07 bits per heavy atom. The van der Waals surface area contributed by atoms with Gasteiger partial charge in [0.05, 0.1) is 0 Å². The number of alkyl halides is 1. The average Bonchev–Trinajstić information content (AvgIpc) is 2.40. The molecule has 1 fully saturated rings. The number of carbonyl (C=O) groups excluding carboxylic acids is 1.